The van der Waals surface area contributed by atoms with E-state index in [2.05, 4.69) is 9.97 Å². The molecule has 0 radical (unpaired) electrons. The fourth-order valence-corrected chi connectivity index (χ4v) is 2.51. The molecule has 3 heterocycles. The minimum atomic E-state index is -0.303. The van der Waals surface area contributed by atoms with Crippen molar-refractivity contribution in [3.05, 3.63) is 64.1 Å². The summed E-state index contributed by atoms with van der Waals surface area (Å²) in [4.78, 5) is 20.9. The molecule has 0 N–H and O–H groups in total. The lowest BCUT2D eigenvalue weighted by Gasteiger charge is -2.05. The molecule has 92 valence electrons. The Morgan fingerprint density at radius 3 is 3.05 bits per heavy atom. The van der Waals surface area contributed by atoms with Gasteiger partial charge < -0.3 is 0 Å². The zero-order valence-corrected chi connectivity index (χ0v) is 9.80. The van der Waals surface area contributed by atoms with Crippen LogP contribution < -0.4 is 5.56 Å². The van der Waals surface area contributed by atoms with Crippen LogP contribution in [-0.4, -0.2) is 14.5 Å². The number of aromatic nitrogens is 3. The second kappa shape index (κ2) is 3.47. The molecular formula is C14H8FN3O. The van der Waals surface area contributed by atoms with Crippen molar-refractivity contribution in [1.82, 2.24) is 14.5 Å². The van der Waals surface area contributed by atoms with E-state index in [4.69, 9.17) is 0 Å². The molecule has 0 saturated heterocycles. The quantitative estimate of drug-likeness (QED) is 0.480. The Labute approximate surface area is 107 Å². The van der Waals surface area contributed by atoms with Crippen LogP contribution >= 0.6 is 0 Å². The molecule has 3 aromatic rings. The van der Waals surface area contributed by atoms with Gasteiger partial charge in [-0.3, -0.25) is 9.36 Å². The molecule has 19 heavy (non-hydrogen) atoms. The first-order chi connectivity index (χ1) is 9.24. The van der Waals surface area contributed by atoms with E-state index in [0.717, 1.165) is 5.56 Å². The van der Waals surface area contributed by atoms with Gasteiger partial charge in [-0.25, -0.2) is 14.4 Å². The van der Waals surface area contributed by atoms with Crippen molar-refractivity contribution in [3.63, 3.8) is 0 Å². The minimum absolute atomic E-state index is 0.154. The zero-order chi connectivity index (χ0) is 13.0. The monoisotopic (exact) mass is 253 g/mol. The molecule has 0 fully saturated rings. The lowest BCUT2D eigenvalue weighted by Crippen LogP contribution is -2.20. The van der Waals surface area contributed by atoms with E-state index in [1.54, 1.807) is 29.0 Å². The van der Waals surface area contributed by atoms with E-state index in [1.807, 2.05) is 0 Å². The first-order valence-electron chi connectivity index (χ1n) is 5.89. The molecule has 4 rings (SSSR count). The first kappa shape index (κ1) is 10.4. The lowest BCUT2D eigenvalue weighted by atomic mass is 10.1. The molecule has 1 aliphatic heterocycles. The highest BCUT2D eigenvalue weighted by Gasteiger charge is 2.22. The van der Waals surface area contributed by atoms with E-state index < -0.39 is 0 Å². The maximum Gasteiger partial charge on any atom is 0.267 e. The van der Waals surface area contributed by atoms with E-state index in [-0.39, 0.29) is 11.4 Å². The summed E-state index contributed by atoms with van der Waals surface area (Å²) in [5, 5.41) is 0.475. The van der Waals surface area contributed by atoms with Gasteiger partial charge in [0.05, 0.1) is 11.1 Å². The number of hydrogen-bond donors (Lipinski definition) is 0. The van der Waals surface area contributed by atoms with Crippen LogP contribution in [0.5, 0.6) is 0 Å². The van der Waals surface area contributed by atoms with Crippen LogP contribution in [0.4, 0.5) is 4.39 Å². The predicted octanol–water partition coefficient (Wildman–Crippen LogP) is 1.82. The molecule has 0 spiro atoms. The van der Waals surface area contributed by atoms with Gasteiger partial charge in [-0.1, -0.05) is 0 Å². The van der Waals surface area contributed by atoms with Gasteiger partial charge in [-0.05, 0) is 35.9 Å². The SMILES string of the molecule is O=c1c2cccnc2nc2n1-c1ccc(F)cc1C2. The summed E-state index contributed by atoms with van der Waals surface area (Å²) in [6.07, 6.45) is 2.06. The van der Waals surface area contributed by atoms with Crippen LogP contribution in [-0.2, 0) is 6.42 Å². The van der Waals surface area contributed by atoms with Crippen LogP contribution in [0, 0.1) is 5.82 Å². The zero-order valence-electron chi connectivity index (χ0n) is 9.80. The fraction of sp³-hybridized carbons (Fsp3) is 0.0714. The first-order valence-corrected chi connectivity index (χ1v) is 5.89. The third-order valence-electron chi connectivity index (χ3n) is 3.34. The Balaban J connectivity index is 2.13. The van der Waals surface area contributed by atoms with Crippen molar-refractivity contribution in [3.8, 4) is 5.69 Å². The highest BCUT2D eigenvalue weighted by atomic mass is 19.1. The molecule has 0 amide bonds. The molecule has 0 bridgehead atoms. The van der Waals surface area contributed by atoms with Crippen molar-refractivity contribution in [2.75, 3.05) is 0 Å². The Morgan fingerprint density at radius 1 is 1.26 bits per heavy atom. The van der Waals surface area contributed by atoms with E-state index in [9.17, 15) is 9.18 Å². The summed E-state index contributed by atoms with van der Waals surface area (Å²) in [6.45, 7) is 0. The molecule has 0 aliphatic carbocycles. The van der Waals surface area contributed by atoms with Gasteiger partial charge in [-0.2, -0.15) is 0 Å². The molecule has 0 unspecified atom stereocenters. The molecule has 1 aliphatic rings. The third-order valence-corrected chi connectivity index (χ3v) is 3.34. The van der Waals surface area contributed by atoms with Crippen molar-refractivity contribution < 1.29 is 4.39 Å². The van der Waals surface area contributed by atoms with Crippen LogP contribution in [0.3, 0.4) is 0 Å². The molecule has 0 atom stereocenters. The molecule has 4 nitrogen and oxygen atoms in total. The summed E-state index contributed by atoms with van der Waals surface area (Å²) < 4.78 is 14.8. The number of rotatable bonds is 0. The Kier molecular flexibility index (Phi) is 1.90. The van der Waals surface area contributed by atoms with Crippen molar-refractivity contribution >= 4 is 11.0 Å². The Morgan fingerprint density at radius 2 is 2.16 bits per heavy atom. The largest absolute Gasteiger partial charge is 0.268 e. The molecule has 1 aromatic carbocycles. The van der Waals surface area contributed by atoms with Crippen LogP contribution in [0.25, 0.3) is 16.7 Å². The average Bonchev–Trinajstić information content (AvgIpc) is 2.76. The number of nitrogens with zero attached hydrogens (tertiary/aromatic N) is 3. The summed E-state index contributed by atoms with van der Waals surface area (Å²) in [7, 11) is 0. The van der Waals surface area contributed by atoms with Crippen LogP contribution in [0.2, 0.25) is 0 Å². The van der Waals surface area contributed by atoms with E-state index >= 15 is 0 Å². The lowest BCUT2D eigenvalue weighted by molar-refractivity contribution is 0.626. The van der Waals surface area contributed by atoms with Crippen molar-refractivity contribution in [2.24, 2.45) is 0 Å². The van der Waals surface area contributed by atoms with Gasteiger partial charge in [0.2, 0.25) is 0 Å². The van der Waals surface area contributed by atoms with Gasteiger partial charge in [0.25, 0.3) is 5.56 Å². The normalized spacial score (nSPS) is 12.5. The van der Waals surface area contributed by atoms with Crippen molar-refractivity contribution in [1.29, 1.82) is 0 Å². The highest BCUT2D eigenvalue weighted by molar-refractivity contribution is 5.74. The van der Waals surface area contributed by atoms with Gasteiger partial charge in [0.15, 0.2) is 5.65 Å². The Bertz CT molecular complexity index is 885. The molecule has 2 aromatic heterocycles. The van der Waals surface area contributed by atoms with Crippen LogP contribution in [0.1, 0.15) is 11.4 Å². The summed E-state index contributed by atoms with van der Waals surface area (Å²) in [6, 6.07) is 7.83. The topological polar surface area (TPSA) is 47.8 Å². The fourth-order valence-electron chi connectivity index (χ4n) is 2.51. The second-order valence-electron chi connectivity index (χ2n) is 4.49. The van der Waals surface area contributed by atoms with Gasteiger partial charge in [0.1, 0.15) is 11.6 Å². The number of benzene rings is 1. The van der Waals surface area contributed by atoms with E-state index in [0.29, 0.717) is 29.0 Å². The predicted molar refractivity (Wildman–Crippen MR) is 67.9 cm³/mol. The van der Waals surface area contributed by atoms with E-state index in [1.165, 1.54) is 12.1 Å². The molecule has 5 heteroatoms. The van der Waals surface area contributed by atoms with Gasteiger partial charge in [-0.15, -0.1) is 0 Å². The van der Waals surface area contributed by atoms with Gasteiger partial charge >= 0.3 is 0 Å². The average molecular weight is 253 g/mol. The Hall–Kier alpha value is -2.56. The molecular weight excluding hydrogens is 245 g/mol. The smallest absolute Gasteiger partial charge is 0.267 e. The number of hydrogen-bond acceptors (Lipinski definition) is 3. The third kappa shape index (κ3) is 1.35. The summed E-state index contributed by atoms with van der Waals surface area (Å²) in [5.41, 5.74) is 1.77. The maximum atomic E-state index is 13.2. The second-order valence-corrected chi connectivity index (χ2v) is 4.49. The summed E-state index contributed by atoms with van der Waals surface area (Å²) in [5.74, 6) is 0.305. The van der Waals surface area contributed by atoms with Gasteiger partial charge in [0, 0.05) is 12.6 Å². The van der Waals surface area contributed by atoms with Crippen LogP contribution in [0.15, 0.2) is 41.3 Å². The maximum absolute atomic E-state index is 13.2. The number of pyridine rings is 1. The molecule has 0 saturated carbocycles. The van der Waals surface area contributed by atoms with Crippen molar-refractivity contribution in [2.45, 2.75) is 6.42 Å². The number of fused-ring (bicyclic) bond motifs is 4. The minimum Gasteiger partial charge on any atom is -0.268 e. The number of halogens is 1. The highest BCUT2D eigenvalue weighted by Crippen LogP contribution is 2.26. The standard InChI is InChI=1S/C14H8FN3O/c15-9-3-4-11-8(6-9)7-12-17-13-10(2-1-5-16-13)14(19)18(11)12/h1-6H,7H2. The summed E-state index contributed by atoms with van der Waals surface area (Å²) >= 11 is 0.